The summed E-state index contributed by atoms with van der Waals surface area (Å²) in [6.45, 7) is 7.32. The van der Waals surface area contributed by atoms with Gasteiger partial charge in [0.2, 0.25) is 11.8 Å². The van der Waals surface area contributed by atoms with Gasteiger partial charge in [0.1, 0.15) is 0 Å². The molecular weight excluding hydrogens is 218 g/mol. The largest absolute Gasteiger partial charge is 0.356 e. The zero-order valence-corrected chi connectivity index (χ0v) is 11.1. The summed E-state index contributed by atoms with van der Waals surface area (Å²) in [5.74, 6) is -0.0468. The van der Waals surface area contributed by atoms with Crippen molar-refractivity contribution in [3.8, 4) is 0 Å². The highest BCUT2D eigenvalue weighted by Gasteiger charge is 2.19. The van der Waals surface area contributed by atoms with Gasteiger partial charge in [-0.25, -0.2) is 0 Å². The van der Waals surface area contributed by atoms with Crippen molar-refractivity contribution < 1.29 is 9.59 Å². The maximum absolute atomic E-state index is 11.7. The lowest BCUT2D eigenvalue weighted by atomic mass is 9.95. The van der Waals surface area contributed by atoms with Gasteiger partial charge in [0.15, 0.2) is 0 Å². The summed E-state index contributed by atoms with van der Waals surface area (Å²) >= 11 is 0. The van der Waals surface area contributed by atoms with E-state index in [1.165, 1.54) is 0 Å². The minimum absolute atomic E-state index is 0.0269. The summed E-state index contributed by atoms with van der Waals surface area (Å²) in [7, 11) is 0. The Labute approximate surface area is 104 Å². The fourth-order valence-corrected chi connectivity index (χ4v) is 1.47. The molecule has 0 aliphatic rings. The molecule has 17 heavy (non-hydrogen) atoms. The Hall–Kier alpha value is -1.10. The first-order valence-corrected chi connectivity index (χ1v) is 6.27. The van der Waals surface area contributed by atoms with Gasteiger partial charge >= 0.3 is 0 Å². The van der Waals surface area contributed by atoms with Crippen LogP contribution in [0.5, 0.6) is 0 Å². The Balaban J connectivity index is 3.80. The van der Waals surface area contributed by atoms with E-state index in [-0.39, 0.29) is 23.7 Å². The average Bonchev–Trinajstić information content (AvgIpc) is 2.26. The van der Waals surface area contributed by atoms with E-state index in [1.807, 2.05) is 20.8 Å². The third-order valence-corrected chi connectivity index (χ3v) is 2.62. The lowest BCUT2D eigenvalue weighted by molar-refractivity contribution is -0.126. The van der Waals surface area contributed by atoms with Crippen LogP contribution in [0.3, 0.4) is 0 Å². The van der Waals surface area contributed by atoms with Crippen LogP contribution in [0.1, 0.15) is 33.6 Å². The van der Waals surface area contributed by atoms with E-state index in [2.05, 4.69) is 10.6 Å². The van der Waals surface area contributed by atoms with Gasteiger partial charge in [-0.1, -0.05) is 20.8 Å². The molecule has 0 bridgehead atoms. The Kier molecular flexibility index (Phi) is 8.40. The van der Waals surface area contributed by atoms with Crippen molar-refractivity contribution in [2.75, 3.05) is 19.6 Å². The fourth-order valence-electron chi connectivity index (χ4n) is 1.47. The van der Waals surface area contributed by atoms with Gasteiger partial charge < -0.3 is 16.4 Å². The molecule has 1 unspecified atom stereocenters. The number of hydrogen-bond donors (Lipinski definition) is 3. The second-order valence-electron chi connectivity index (χ2n) is 4.48. The molecule has 0 fully saturated rings. The second kappa shape index (κ2) is 8.98. The Morgan fingerprint density at radius 3 is 2.29 bits per heavy atom. The minimum Gasteiger partial charge on any atom is -0.356 e. The smallest absolute Gasteiger partial charge is 0.224 e. The minimum atomic E-state index is -0.172. The lowest BCUT2D eigenvalue weighted by Gasteiger charge is -2.18. The van der Waals surface area contributed by atoms with Gasteiger partial charge in [-0.2, -0.15) is 0 Å². The van der Waals surface area contributed by atoms with Crippen LogP contribution in [-0.2, 0) is 9.59 Å². The van der Waals surface area contributed by atoms with Crippen LogP contribution in [0.4, 0.5) is 0 Å². The highest BCUT2D eigenvalue weighted by atomic mass is 16.2. The number of nitrogens with one attached hydrogen (secondary N) is 2. The Bertz CT molecular complexity index is 242. The van der Waals surface area contributed by atoms with E-state index in [1.54, 1.807) is 0 Å². The van der Waals surface area contributed by atoms with Crippen LogP contribution in [0.25, 0.3) is 0 Å². The van der Waals surface area contributed by atoms with Gasteiger partial charge in [-0.15, -0.1) is 0 Å². The van der Waals surface area contributed by atoms with E-state index < -0.39 is 0 Å². The first-order chi connectivity index (χ1) is 8.02. The number of carbonyl (C=O) groups excluding carboxylic acids is 2. The Morgan fingerprint density at radius 1 is 1.18 bits per heavy atom. The molecule has 0 saturated heterocycles. The summed E-state index contributed by atoms with van der Waals surface area (Å²) < 4.78 is 0. The van der Waals surface area contributed by atoms with Crippen LogP contribution >= 0.6 is 0 Å². The quantitative estimate of drug-likeness (QED) is 0.571. The van der Waals surface area contributed by atoms with Crippen LogP contribution < -0.4 is 16.4 Å². The molecule has 0 saturated carbocycles. The molecule has 0 aliphatic heterocycles. The van der Waals surface area contributed by atoms with Gasteiger partial charge in [-0.05, 0) is 12.3 Å². The number of hydrogen-bond acceptors (Lipinski definition) is 3. The van der Waals surface area contributed by atoms with Gasteiger partial charge in [0, 0.05) is 26.1 Å². The van der Waals surface area contributed by atoms with Crippen molar-refractivity contribution in [3.05, 3.63) is 0 Å². The van der Waals surface area contributed by atoms with Crippen molar-refractivity contribution in [2.24, 2.45) is 17.6 Å². The first kappa shape index (κ1) is 15.9. The van der Waals surface area contributed by atoms with Crippen LogP contribution in [0.15, 0.2) is 0 Å². The molecule has 4 N–H and O–H groups in total. The van der Waals surface area contributed by atoms with Crippen molar-refractivity contribution in [2.45, 2.75) is 33.6 Å². The van der Waals surface area contributed by atoms with E-state index >= 15 is 0 Å². The summed E-state index contributed by atoms with van der Waals surface area (Å²) in [5.41, 5.74) is 5.53. The predicted octanol–water partition coefficient (Wildman–Crippen LogP) is 0.250. The predicted molar refractivity (Wildman–Crippen MR) is 68.3 cm³/mol. The number of carbonyl (C=O) groups is 2. The van der Waals surface area contributed by atoms with E-state index in [0.717, 1.165) is 6.42 Å². The molecule has 0 aliphatic carbocycles. The molecule has 0 rings (SSSR count). The van der Waals surface area contributed by atoms with Crippen LogP contribution in [0, 0.1) is 11.8 Å². The Morgan fingerprint density at radius 2 is 1.82 bits per heavy atom. The highest BCUT2D eigenvalue weighted by Crippen LogP contribution is 2.08. The average molecular weight is 243 g/mol. The van der Waals surface area contributed by atoms with Crippen molar-refractivity contribution >= 4 is 11.8 Å². The molecule has 100 valence electrons. The van der Waals surface area contributed by atoms with Crippen molar-refractivity contribution in [3.63, 3.8) is 0 Å². The zero-order chi connectivity index (χ0) is 13.3. The number of amides is 2. The molecule has 0 radical (unpaired) electrons. The molecule has 0 heterocycles. The first-order valence-electron chi connectivity index (χ1n) is 6.27. The summed E-state index contributed by atoms with van der Waals surface area (Å²) in [5, 5.41) is 5.50. The standard InChI is InChI=1S/C12H25N3O2/c1-4-6-14-11(16)5-7-15-12(17)10(8-13)9(2)3/h9-10H,4-8,13H2,1-3H3,(H,14,16)(H,15,17). The molecule has 0 aromatic heterocycles. The van der Waals surface area contributed by atoms with Gasteiger partial charge in [0.05, 0.1) is 5.92 Å². The molecule has 2 amide bonds. The third-order valence-electron chi connectivity index (χ3n) is 2.62. The molecular formula is C12H25N3O2. The monoisotopic (exact) mass is 243 g/mol. The molecule has 5 nitrogen and oxygen atoms in total. The summed E-state index contributed by atoms with van der Waals surface area (Å²) in [6, 6.07) is 0. The second-order valence-corrected chi connectivity index (χ2v) is 4.48. The third kappa shape index (κ3) is 6.94. The van der Waals surface area contributed by atoms with Crippen molar-refractivity contribution in [1.82, 2.24) is 10.6 Å². The molecule has 0 aromatic carbocycles. The van der Waals surface area contributed by atoms with E-state index in [0.29, 0.717) is 26.1 Å². The molecule has 5 heteroatoms. The zero-order valence-electron chi connectivity index (χ0n) is 11.1. The van der Waals surface area contributed by atoms with E-state index in [9.17, 15) is 9.59 Å². The van der Waals surface area contributed by atoms with Crippen LogP contribution in [-0.4, -0.2) is 31.4 Å². The number of nitrogens with two attached hydrogens (primary N) is 1. The maximum atomic E-state index is 11.7. The lowest BCUT2D eigenvalue weighted by Crippen LogP contribution is -2.39. The fraction of sp³-hybridized carbons (Fsp3) is 0.833. The van der Waals surface area contributed by atoms with Gasteiger partial charge in [0.25, 0.3) is 0 Å². The SMILES string of the molecule is CCCNC(=O)CCNC(=O)C(CN)C(C)C. The number of rotatable bonds is 8. The molecule has 1 atom stereocenters. The maximum Gasteiger partial charge on any atom is 0.224 e. The topological polar surface area (TPSA) is 84.2 Å². The van der Waals surface area contributed by atoms with Crippen LogP contribution in [0.2, 0.25) is 0 Å². The van der Waals surface area contributed by atoms with Gasteiger partial charge in [-0.3, -0.25) is 9.59 Å². The summed E-state index contributed by atoms with van der Waals surface area (Å²) in [6.07, 6.45) is 1.24. The normalized spacial score (nSPS) is 12.3. The molecule has 0 aromatic rings. The summed E-state index contributed by atoms with van der Waals surface area (Å²) in [4.78, 5) is 23.0. The molecule has 0 spiro atoms. The van der Waals surface area contributed by atoms with Crippen molar-refractivity contribution in [1.29, 1.82) is 0 Å². The highest BCUT2D eigenvalue weighted by molar-refractivity contribution is 5.80. The van der Waals surface area contributed by atoms with E-state index in [4.69, 9.17) is 5.73 Å².